The van der Waals surface area contributed by atoms with E-state index in [0.29, 0.717) is 5.69 Å². The Morgan fingerprint density at radius 1 is 1.25 bits per heavy atom. The molecular weight excluding hydrogens is 155 g/mol. The molecule has 1 rings (SSSR count). The minimum absolute atomic E-state index is 0.200. The highest BCUT2D eigenvalue weighted by Crippen LogP contribution is 2.11. The fourth-order valence-corrected chi connectivity index (χ4v) is 0.927. The van der Waals surface area contributed by atoms with E-state index >= 15 is 0 Å². The Balaban J connectivity index is 2.46. The van der Waals surface area contributed by atoms with Crippen LogP contribution in [0.1, 0.15) is 0 Å². The molecule has 0 radical (unpaired) electrons. The third-order valence-electron chi connectivity index (χ3n) is 1.56. The summed E-state index contributed by atoms with van der Waals surface area (Å²) in [5.74, 6) is -0.200. The van der Waals surface area contributed by atoms with E-state index in [1.54, 1.807) is 12.1 Å². The molecule has 66 valence electrons. The van der Waals surface area contributed by atoms with Crippen LogP contribution < -0.4 is 10.6 Å². The van der Waals surface area contributed by atoms with Crippen molar-refractivity contribution in [1.29, 1.82) is 0 Å². The summed E-state index contributed by atoms with van der Waals surface area (Å²) < 4.78 is 12.9. The second-order valence-corrected chi connectivity index (χ2v) is 2.51. The first kappa shape index (κ1) is 9.00. The predicted molar refractivity (Wildman–Crippen MR) is 48.8 cm³/mol. The fraction of sp³-hybridized carbons (Fsp3) is 0.333. The van der Waals surface area contributed by atoms with E-state index in [0.717, 1.165) is 13.1 Å². The SMILES string of the molecule is CNCCNc1ccccc1F. The van der Waals surface area contributed by atoms with Gasteiger partial charge in [0, 0.05) is 13.1 Å². The lowest BCUT2D eigenvalue weighted by Gasteiger charge is -2.05. The van der Waals surface area contributed by atoms with Gasteiger partial charge in [-0.15, -0.1) is 0 Å². The van der Waals surface area contributed by atoms with E-state index in [1.165, 1.54) is 6.07 Å². The van der Waals surface area contributed by atoms with Gasteiger partial charge in [0.25, 0.3) is 0 Å². The Hall–Kier alpha value is -1.09. The number of benzene rings is 1. The Kier molecular flexibility index (Phi) is 3.54. The van der Waals surface area contributed by atoms with Crippen LogP contribution in [0.5, 0.6) is 0 Å². The largest absolute Gasteiger partial charge is 0.381 e. The van der Waals surface area contributed by atoms with Crippen molar-refractivity contribution in [3.8, 4) is 0 Å². The van der Waals surface area contributed by atoms with Crippen LogP contribution in [-0.4, -0.2) is 20.1 Å². The number of rotatable bonds is 4. The van der Waals surface area contributed by atoms with Crippen molar-refractivity contribution in [3.05, 3.63) is 30.1 Å². The van der Waals surface area contributed by atoms with Crippen LogP contribution >= 0.6 is 0 Å². The normalized spacial score (nSPS) is 9.83. The Morgan fingerprint density at radius 2 is 2.00 bits per heavy atom. The van der Waals surface area contributed by atoms with Crippen LogP contribution in [0.25, 0.3) is 0 Å². The topological polar surface area (TPSA) is 24.1 Å². The molecular formula is C9H13FN2. The average molecular weight is 168 g/mol. The Morgan fingerprint density at radius 3 is 2.67 bits per heavy atom. The number of para-hydroxylation sites is 1. The molecule has 1 aromatic rings. The van der Waals surface area contributed by atoms with E-state index in [-0.39, 0.29) is 5.82 Å². The second-order valence-electron chi connectivity index (χ2n) is 2.51. The number of likely N-dealkylation sites (N-methyl/N-ethyl adjacent to an activating group) is 1. The highest BCUT2D eigenvalue weighted by Gasteiger charge is 1.96. The van der Waals surface area contributed by atoms with Gasteiger partial charge in [0.1, 0.15) is 5.82 Å². The standard InChI is InChI=1S/C9H13FN2/c1-11-6-7-12-9-5-3-2-4-8(9)10/h2-5,11-12H,6-7H2,1H3. The van der Waals surface area contributed by atoms with E-state index in [2.05, 4.69) is 10.6 Å². The number of anilines is 1. The smallest absolute Gasteiger partial charge is 0.146 e. The molecule has 0 spiro atoms. The molecule has 1 aromatic carbocycles. The van der Waals surface area contributed by atoms with Crippen LogP contribution in [0.15, 0.2) is 24.3 Å². The summed E-state index contributed by atoms with van der Waals surface area (Å²) in [6, 6.07) is 6.66. The van der Waals surface area contributed by atoms with E-state index < -0.39 is 0 Å². The summed E-state index contributed by atoms with van der Waals surface area (Å²) in [5.41, 5.74) is 0.563. The van der Waals surface area contributed by atoms with Gasteiger partial charge in [-0.05, 0) is 19.2 Å². The van der Waals surface area contributed by atoms with Crippen molar-refractivity contribution >= 4 is 5.69 Å². The number of halogens is 1. The van der Waals surface area contributed by atoms with Crippen LogP contribution in [0.2, 0.25) is 0 Å². The Labute approximate surface area is 71.8 Å². The molecule has 0 unspecified atom stereocenters. The quantitative estimate of drug-likeness (QED) is 0.665. The molecule has 3 heteroatoms. The van der Waals surface area contributed by atoms with Crippen molar-refractivity contribution < 1.29 is 4.39 Å². The van der Waals surface area contributed by atoms with Gasteiger partial charge in [-0.25, -0.2) is 4.39 Å². The summed E-state index contributed by atoms with van der Waals surface area (Å²) in [6.07, 6.45) is 0. The van der Waals surface area contributed by atoms with Gasteiger partial charge in [0.15, 0.2) is 0 Å². The summed E-state index contributed by atoms with van der Waals surface area (Å²) in [5, 5.41) is 5.95. The van der Waals surface area contributed by atoms with Crippen LogP contribution in [0.4, 0.5) is 10.1 Å². The lowest BCUT2D eigenvalue weighted by Crippen LogP contribution is -2.18. The number of hydrogen-bond acceptors (Lipinski definition) is 2. The summed E-state index contributed by atoms with van der Waals surface area (Å²) >= 11 is 0. The minimum Gasteiger partial charge on any atom is -0.381 e. The summed E-state index contributed by atoms with van der Waals surface area (Å²) in [4.78, 5) is 0. The summed E-state index contributed by atoms with van der Waals surface area (Å²) in [7, 11) is 1.86. The van der Waals surface area contributed by atoms with Gasteiger partial charge in [0.2, 0.25) is 0 Å². The maximum absolute atomic E-state index is 12.9. The lowest BCUT2D eigenvalue weighted by molar-refractivity contribution is 0.629. The molecule has 0 bridgehead atoms. The zero-order valence-corrected chi connectivity index (χ0v) is 7.10. The first-order valence-corrected chi connectivity index (χ1v) is 3.97. The highest BCUT2D eigenvalue weighted by molar-refractivity contribution is 5.44. The van der Waals surface area contributed by atoms with Gasteiger partial charge < -0.3 is 10.6 Å². The molecule has 0 atom stereocenters. The lowest BCUT2D eigenvalue weighted by atomic mass is 10.3. The molecule has 0 amide bonds. The number of nitrogens with one attached hydrogen (secondary N) is 2. The molecule has 12 heavy (non-hydrogen) atoms. The zero-order valence-electron chi connectivity index (χ0n) is 7.10. The maximum Gasteiger partial charge on any atom is 0.146 e. The van der Waals surface area contributed by atoms with Gasteiger partial charge in [-0.3, -0.25) is 0 Å². The summed E-state index contributed by atoms with van der Waals surface area (Å²) in [6.45, 7) is 1.56. The molecule has 0 fully saturated rings. The molecule has 2 nitrogen and oxygen atoms in total. The molecule has 0 aliphatic rings. The van der Waals surface area contributed by atoms with Gasteiger partial charge >= 0.3 is 0 Å². The van der Waals surface area contributed by atoms with Crippen molar-refractivity contribution in [1.82, 2.24) is 5.32 Å². The zero-order chi connectivity index (χ0) is 8.81. The molecule has 0 saturated carbocycles. The number of hydrogen-bond donors (Lipinski definition) is 2. The second kappa shape index (κ2) is 4.72. The fourth-order valence-electron chi connectivity index (χ4n) is 0.927. The van der Waals surface area contributed by atoms with E-state index in [9.17, 15) is 4.39 Å². The third kappa shape index (κ3) is 2.51. The molecule has 0 saturated heterocycles. The molecule has 0 aliphatic carbocycles. The van der Waals surface area contributed by atoms with Crippen LogP contribution in [0, 0.1) is 5.82 Å². The van der Waals surface area contributed by atoms with Crippen LogP contribution in [-0.2, 0) is 0 Å². The first-order valence-electron chi connectivity index (χ1n) is 3.97. The van der Waals surface area contributed by atoms with E-state index in [4.69, 9.17) is 0 Å². The molecule has 0 aliphatic heterocycles. The predicted octanol–water partition coefficient (Wildman–Crippen LogP) is 1.46. The first-order chi connectivity index (χ1) is 5.84. The van der Waals surface area contributed by atoms with Gasteiger partial charge in [0.05, 0.1) is 5.69 Å². The molecule has 0 aromatic heterocycles. The van der Waals surface area contributed by atoms with Crippen molar-refractivity contribution in [3.63, 3.8) is 0 Å². The van der Waals surface area contributed by atoms with Crippen LogP contribution in [0.3, 0.4) is 0 Å². The average Bonchev–Trinajstić information content (AvgIpc) is 2.09. The van der Waals surface area contributed by atoms with Gasteiger partial charge in [-0.2, -0.15) is 0 Å². The highest BCUT2D eigenvalue weighted by atomic mass is 19.1. The monoisotopic (exact) mass is 168 g/mol. The Bertz CT molecular complexity index is 238. The van der Waals surface area contributed by atoms with Crippen molar-refractivity contribution in [2.75, 3.05) is 25.5 Å². The molecule has 2 N–H and O–H groups in total. The molecule has 0 heterocycles. The van der Waals surface area contributed by atoms with Crippen molar-refractivity contribution in [2.24, 2.45) is 0 Å². The van der Waals surface area contributed by atoms with Gasteiger partial charge in [-0.1, -0.05) is 12.1 Å². The van der Waals surface area contributed by atoms with E-state index in [1.807, 2.05) is 13.1 Å². The maximum atomic E-state index is 12.9. The third-order valence-corrected chi connectivity index (χ3v) is 1.56. The van der Waals surface area contributed by atoms with Crippen molar-refractivity contribution in [2.45, 2.75) is 0 Å². The minimum atomic E-state index is -0.200.